The molecular weight excluding hydrogens is 607 g/mol. The predicted octanol–water partition coefficient (Wildman–Crippen LogP) is 2.73. The first-order valence-electron chi connectivity index (χ1n) is 11.1. The summed E-state index contributed by atoms with van der Waals surface area (Å²) in [5.41, 5.74) is 4.99. The van der Waals surface area contributed by atoms with Crippen LogP contribution in [0.5, 0.6) is 0 Å². The zero-order chi connectivity index (χ0) is 28.9. The number of carbonyl (C=O) groups excluding carboxylic acids is 2. The molecule has 5 N–H and O–H groups in total. The molecule has 1 aromatic heterocycles. The number of nitrogens with one attached hydrogen (secondary N) is 2. The van der Waals surface area contributed by atoms with Crippen LogP contribution in [0.3, 0.4) is 0 Å². The number of hydrogen-bond donors (Lipinski definition) is 4. The van der Waals surface area contributed by atoms with Gasteiger partial charge < -0.3 is 20.9 Å². The maximum Gasteiger partial charge on any atom is 0.296 e. The zero-order valence-corrected chi connectivity index (χ0v) is 22.9. The Hall–Kier alpha value is -3.73. The van der Waals surface area contributed by atoms with Crippen LogP contribution in [-0.4, -0.2) is 53.5 Å². The molecular formula is C23H15Cl2N6O7S2-. The van der Waals surface area contributed by atoms with E-state index in [-0.39, 0.29) is 56.7 Å². The Kier molecular flexibility index (Phi) is 7.20. The molecule has 0 radical (unpaired) electrons. The summed E-state index contributed by atoms with van der Waals surface area (Å²) < 4.78 is 57.9. The van der Waals surface area contributed by atoms with E-state index < -0.39 is 54.2 Å². The highest BCUT2D eigenvalue weighted by molar-refractivity contribution is 7.86. The molecule has 0 amide bonds. The van der Waals surface area contributed by atoms with E-state index in [1.807, 2.05) is 0 Å². The van der Waals surface area contributed by atoms with Crippen molar-refractivity contribution in [1.29, 1.82) is 0 Å². The molecule has 3 aromatic rings. The Morgan fingerprint density at radius 1 is 1.02 bits per heavy atom. The number of allylic oxidation sites excluding steroid dienone is 2. The van der Waals surface area contributed by atoms with Crippen LogP contribution in [0.25, 0.3) is 0 Å². The number of aromatic nitrogens is 3. The second kappa shape index (κ2) is 10.3. The number of carbonyl (C=O) groups is 2. The quantitative estimate of drug-likeness (QED) is 0.138. The average Bonchev–Trinajstić information content (AvgIpc) is 2.86. The number of nitrogens with zero attached hydrogens (tertiary/aromatic N) is 3. The number of benzene rings is 2. The molecule has 5 rings (SSSR count). The van der Waals surface area contributed by atoms with Gasteiger partial charge in [0.2, 0.25) is 16.5 Å². The minimum absolute atomic E-state index is 0.0174. The van der Waals surface area contributed by atoms with Crippen LogP contribution < -0.4 is 16.4 Å². The van der Waals surface area contributed by atoms with E-state index >= 15 is 0 Å². The molecule has 2 aliphatic carbocycles. The Morgan fingerprint density at radius 3 is 2.20 bits per heavy atom. The van der Waals surface area contributed by atoms with Crippen molar-refractivity contribution in [2.45, 2.75) is 16.6 Å². The van der Waals surface area contributed by atoms with Crippen LogP contribution in [0, 0.1) is 0 Å². The van der Waals surface area contributed by atoms with Crippen molar-refractivity contribution in [1.82, 2.24) is 15.0 Å². The second-order valence-corrected chi connectivity index (χ2v) is 11.6. The topological polar surface area (TPSA) is 217 Å². The summed E-state index contributed by atoms with van der Waals surface area (Å²) in [6.45, 7) is 0. The molecule has 2 unspecified atom stereocenters. The Labute approximate surface area is 238 Å². The van der Waals surface area contributed by atoms with Gasteiger partial charge in [-0.05, 0) is 52.8 Å². The van der Waals surface area contributed by atoms with Gasteiger partial charge in [0.15, 0.2) is 11.6 Å². The van der Waals surface area contributed by atoms with E-state index in [1.165, 1.54) is 30.4 Å². The van der Waals surface area contributed by atoms with Gasteiger partial charge in [-0.1, -0.05) is 30.3 Å². The third-order valence-electron chi connectivity index (χ3n) is 6.04. The van der Waals surface area contributed by atoms with Crippen molar-refractivity contribution in [2.75, 3.05) is 16.4 Å². The van der Waals surface area contributed by atoms with Crippen molar-refractivity contribution in [3.05, 3.63) is 86.7 Å². The van der Waals surface area contributed by atoms with Gasteiger partial charge in [0, 0.05) is 22.5 Å². The van der Waals surface area contributed by atoms with Crippen molar-refractivity contribution in [2.24, 2.45) is 0 Å². The van der Waals surface area contributed by atoms with E-state index in [0.29, 0.717) is 0 Å². The number of nitrogens with two attached hydrogens (primary N) is 1. The van der Waals surface area contributed by atoms with E-state index in [9.17, 15) is 31.3 Å². The molecule has 40 heavy (non-hydrogen) atoms. The van der Waals surface area contributed by atoms with Crippen LogP contribution in [0.1, 0.15) is 38.3 Å². The summed E-state index contributed by atoms with van der Waals surface area (Å²) in [6, 6.07) is 6.86. The predicted molar refractivity (Wildman–Crippen MR) is 145 cm³/mol. The summed E-state index contributed by atoms with van der Waals surface area (Å²) in [4.78, 5) is 37.4. The first-order chi connectivity index (χ1) is 18.8. The maximum absolute atomic E-state index is 13.5. The number of hydrogen-bond acceptors (Lipinski definition) is 12. The lowest BCUT2D eigenvalue weighted by atomic mass is 9.82. The van der Waals surface area contributed by atoms with Gasteiger partial charge in [-0.3, -0.25) is 18.4 Å². The molecule has 0 saturated heterocycles. The van der Waals surface area contributed by atoms with Gasteiger partial charge in [0.05, 0.1) is 27.8 Å². The van der Waals surface area contributed by atoms with Gasteiger partial charge in [-0.15, -0.1) is 0 Å². The highest BCUT2D eigenvalue weighted by atomic mass is 35.5. The van der Waals surface area contributed by atoms with Crippen LogP contribution in [0.15, 0.2) is 58.8 Å². The molecule has 2 aliphatic rings. The van der Waals surface area contributed by atoms with E-state index in [2.05, 4.69) is 25.6 Å². The van der Waals surface area contributed by atoms with Crippen LogP contribution in [0.2, 0.25) is 10.6 Å². The first-order valence-corrected chi connectivity index (χ1v) is 14.4. The SMILES string of the molecule is Nc1c(S(=O)(=O)O)cc(NC2=CCC(S(=O)[O-])C(Nc3nc(Cl)nc(Cl)n3)=C2)c2c1C(=O)c1ccccc1C2=O. The van der Waals surface area contributed by atoms with Crippen molar-refractivity contribution < 1.29 is 31.3 Å². The number of anilines is 3. The zero-order valence-electron chi connectivity index (χ0n) is 19.7. The Bertz CT molecular complexity index is 1810. The summed E-state index contributed by atoms with van der Waals surface area (Å²) in [5.74, 6) is -1.48. The molecule has 0 spiro atoms. The standard InChI is InChI=1S/C23H16Cl2N6O7S2/c24-21-29-22(25)31-23(30-21)28-12-7-9(5-6-14(12)39(34)35)27-13-8-15(40(36,37)38)18(26)17-16(13)19(32)10-3-1-2-4-11(10)20(17)33/h1-5,7-8,14,27H,6,26H2,(H,34,35)(H,36,37,38)(H,28,29,30,31)/p-1. The largest absolute Gasteiger partial charge is 0.772 e. The fourth-order valence-corrected chi connectivity index (χ4v) is 5.94. The summed E-state index contributed by atoms with van der Waals surface area (Å²) in [7, 11) is -4.93. The Balaban J connectivity index is 1.62. The molecule has 2 aromatic carbocycles. The third kappa shape index (κ3) is 5.10. The van der Waals surface area contributed by atoms with Crippen molar-refractivity contribution in [3.8, 4) is 0 Å². The third-order valence-corrected chi connectivity index (χ3v) is 8.18. The van der Waals surface area contributed by atoms with E-state index in [0.717, 1.165) is 6.07 Å². The highest BCUT2D eigenvalue weighted by Gasteiger charge is 2.36. The smallest absolute Gasteiger partial charge is 0.296 e. The Morgan fingerprint density at radius 2 is 1.62 bits per heavy atom. The van der Waals surface area contributed by atoms with Crippen molar-refractivity contribution in [3.63, 3.8) is 0 Å². The summed E-state index contributed by atoms with van der Waals surface area (Å²) >= 11 is 9.01. The van der Waals surface area contributed by atoms with Gasteiger partial charge in [0.25, 0.3) is 10.1 Å². The second-order valence-electron chi connectivity index (χ2n) is 8.46. The highest BCUT2D eigenvalue weighted by Crippen LogP contribution is 2.40. The molecule has 13 nitrogen and oxygen atoms in total. The van der Waals surface area contributed by atoms with Crippen LogP contribution in [0.4, 0.5) is 17.3 Å². The molecule has 0 saturated carbocycles. The minimum Gasteiger partial charge on any atom is -0.772 e. The molecule has 2 atom stereocenters. The number of ketones is 2. The fraction of sp³-hybridized carbons (Fsp3) is 0.0870. The lowest BCUT2D eigenvalue weighted by Crippen LogP contribution is -2.27. The molecule has 0 aliphatic heterocycles. The van der Waals surface area contributed by atoms with Crippen molar-refractivity contribution >= 4 is 73.3 Å². The molecule has 1 heterocycles. The summed E-state index contributed by atoms with van der Waals surface area (Å²) in [6.07, 6.45) is 2.74. The molecule has 17 heteroatoms. The number of fused-ring (bicyclic) bond motifs is 2. The van der Waals surface area contributed by atoms with Gasteiger partial charge in [-0.25, -0.2) is 0 Å². The average molecular weight is 622 g/mol. The first kappa shape index (κ1) is 27.8. The number of halogens is 2. The molecule has 0 fully saturated rings. The number of nitrogen functional groups attached to an aromatic ring is 1. The molecule has 0 bridgehead atoms. The minimum atomic E-state index is -4.93. The monoisotopic (exact) mass is 621 g/mol. The summed E-state index contributed by atoms with van der Waals surface area (Å²) in [5, 5.41) is 4.01. The number of rotatable bonds is 6. The van der Waals surface area contributed by atoms with E-state index in [4.69, 9.17) is 28.9 Å². The van der Waals surface area contributed by atoms with Crippen LogP contribution >= 0.6 is 23.2 Å². The van der Waals surface area contributed by atoms with Gasteiger partial charge >= 0.3 is 0 Å². The normalized spacial score (nSPS) is 17.4. The molecule has 206 valence electrons. The lowest BCUT2D eigenvalue weighted by Gasteiger charge is -2.28. The van der Waals surface area contributed by atoms with Gasteiger partial charge in [-0.2, -0.15) is 23.4 Å². The fourth-order valence-electron chi connectivity index (χ4n) is 4.34. The van der Waals surface area contributed by atoms with Gasteiger partial charge in [0.1, 0.15) is 4.90 Å². The van der Waals surface area contributed by atoms with Crippen LogP contribution in [-0.2, 0) is 21.2 Å². The maximum atomic E-state index is 13.5. The van der Waals surface area contributed by atoms with E-state index in [1.54, 1.807) is 6.07 Å². The lowest BCUT2D eigenvalue weighted by molar-refractivity contribution is 0.0980.